The molecular formula is C14H16BrN3OS. The van der Waals surface area contributed by atoms with Crippen molar-refractivity contribution in [3.63, 3.8) is 0 Å². The van der Waals surface area contributed by atoms with Crippen molar-refractivity contribution in [3.8, 4) is 0 Å². The number of thioether (sulfide) groups is 1. The van der Waals surface area contributed by atoms with Gasteiger partial charge in [0.2, 0.25) is 5.89 Å². The molecular weight excluding hydrogens is 338 g/mol. The lowest BCUT2D eigenvalue weighted by Gasteiger charge is -2.01. The molecule has 2 atom stereocenters. The summed E-state index contributed by atoms with van der Waals surface area (Å²) in [6, 6.07) is 8.50. The summed E-state index contributed by atoms with van der Waals surface area (Å²) in [4.78, 5) is 5.69. The molecule has 3 rings (SSSR count). The van der Waals surface area contributed by atoms with Crippen molar-refractivity contribution in [2.75, 3.05) is 0 Å². The molecule has 2 N–H and O–H groups in total. The number of rotatable bonds is 4. The van der Waals surface area contributed by atoms with Crippen LogP contribution in [0.4, 0.5) is 0 Å². The highest BCUT2D eigenvalue weighted by Crippen LogP contribution is 2.33. The Kier molecular flexibility index (Phi) is 4.43. The molecule has 20 heavy (non-hydrogen) atoms. The number of halogens is 1. The van der Waals surface area contributed by atoms with Crippen molar-refractivity contribution in [2.24, 2.45) is 5.73 Å². The molecule has 6 heteroatoms. The minimum atomic E-state index is 0.285. The van der Waals surface area contributed by atoms with Gasteiger partial charge in [-0.05, 0) is 43.5 Å². The Labute approximate surface area is 130 Å². The van der Waals surface area contributed by atoms with Crippen molar-refractivity contribution in [1.82, 2.24) is 10.1 Å². The normalized spacial score (nSPS) is 22.3. The third-order valence-corrected chi connectivity index (χ3v) is 5.02. The summed E-state index contributed by atoms with van der Waals surface area (Å²) in [6.07, 6.45) is 3.07. The third kappa shape index (κ3) is 3.42. The molecule has 1 aliphatic rings. The van der Waals surface area contributed by atoms with E-state index in [4.69, 9.17) is 10.3 Å². The molecule has 1 aliphatic carbocycles. The molecule has 106 valence electrons. The maximum Gasteiger partial charge on any atom is 0.229 e. The number of hydrogen-bond acceptors (Lipinski definition) is 5. The zero-order chi connectivity index (χ0) is 13.9. The van der Waals surface area contributed by atoms with Crippen LogP contribution in [0.2, 0.25) is 0 Å². The molecule has 1 heterocycles. The first-order chi connectivity index (χ1) is 9.70. The van der Waals surface area contributed by atoms with Crippen molar-refractivity contribution in [1.29, 1.82) is 0 Å². The summed E-state index contributed by atoms with van der Waals surface area (Å²) in [7, 11) is 0. The molecule has 0 saturated heterocycles. The highest BCUT2D eigenvalue weighted by Gasteiger charge is 2.27. The van der Waals surface area contributed by atoms with E-state index >= 15 is 0 Å². The Morgan fingerprint density at radius 3 is 2.80 bits per heavy atom. The second-order valence-corrected chi connectivity index (χ2v) is 7.03. The van der Waals surface area contributed by atoms with Crippen molar-refractivity contribution < 1.29 is 4.52 Å². The van der Waals surface area contributed by atoms with E-state index in [0.29, 0.717) is 5.92 Å². The van der Waals surface area contributed by atoms with Crippen LogP contribution < -0.4 is 5.73 Å². The largest absolute Gasteiger partial charge is 0.339 e. The molecule has 1 fully saturated rings. The topological polar surface area (TPSA) is 64.9 Å². The molecule has 0 amide bonds. The van der Waals surface area contributed by atoms with Gasteiger partial charge in [0, 0.05) is 21.3 Å². The molecule has 0 bridgehead atoms. The molecule has 0 aliphatic heterocycles. The van der Waals surface area contributed by atoms with Gasteiger partial charge in [-0.15, -0.1) is 11.8 Å². The van der Waals surface area contributed by atoms with E-state index in [1.165, 1.54) is 4.90 Å². The first-order valence-corrected chi connectivity index (χ1v) is 8.45. The van der Waals surface area contributed by atoms with E-state index < -0.39 is 0 Å². The van der Waals surface area contributed by atoms with Crippen LogP contribution in [-0.2, 0) is 5.75 Å². The van der Waals surface area contributed by atoms with E-state index in [2.05, 4.69) is 38.2 Å². The number of aromatic nitrogens is 2. The van der Waals surface area contributed by atoms with Gasteiger partial charge in [-0.1, -0.05) is 21.1 Å². The predicted molar refractivity (Wildman–Crippen MR) is 82.6 cm³/mol. The van der Waals surface area contributed by atoms with E-state index in [-0.39, 0.29) is 6.04 Å². The number of nitrogens with two attached hydrogens (primary N) is 1. The van der Waals surface area contributed by atoms with Gasteiger partial charge in [0.15, 0.2) is 5.82 Å². The fourth-order valence-electron chi connectivity index (χ4n) is 2.41. The maximum absolute atomic E-state index is 5.92. The predicted octanol–water partition coefficient (Wildman–Crippen LogP) is 3.72. The van der Waals surface area contributed by atoms with Crippen LogP contribution in [-0.4, -0.2) is 16.2 Å². The van der Waals surface area contributed by atoms with Crippen LogP contribution in [0.15, 0.2) is 38.2 Å². The quantitative estimate of drug-likeness (QED) is 0.848. The second kappa shape index (κ2) is 6.28. The van der Waals surface area contributed by atoms with Crippen LogP contribution in [0.3, 0.4) is 0 Å². The molecule has 1 aromatic heterocycles. The Morgan fingerprint density at radius 2 is 2.10 bits per heavy atom. The van der Waals surface area contributed by atoms with Gasteiger partial charge in [-0.2, -0.15) is 4.98 Å². The Bertz CT molecular complexity index is 572. The summed E-state index contributed by atoms with van der Waals surface area (Å²) in [5.74, 6) is 2.59. The molecule has 0 unspecified atom stereocenters. The lowest BCUT2D eigenvalue weighted by molar-refractivity contribution is 0.350. The zero-order valence-electron chi connectivity index (χ0n) is 11.0. The molecule has 1 aromatic carbocycles. The van der Waals surface area contributed by atoms with Gasteiger partial charge >= 0.3 is 0 Å². The minimum absolute atomic E-state index is 0.285. The van der Waals surface area contributed by atoms with Gasteiger partial charge in [0.05, 0.1) is 5.75 Å². The first-order valence-electron chi connectivity index (χ1n) is 6.67. The maximum atomic E-state index is 5.92. The minimum Gasteiger partial charge on any atom is -0.339 e. The average molecular weight is 354 g/mol. The van der Waals surface area contributed by atoms with Gasteiger partial charge < -0.3 is 10.3 Å². The van der Waals surface area contributed by atoms with E-state index in [1.54, 1.807) is 11.8 Å². The van der Waals surface area contributed by atoms with Crippen LogP contribution >= 0.6 is 27.7 Å². The summed E-state index contributed by atoms with van der Waals surface area (Å²) < 4.78 is 6.45. The third-order valence-electron chi connectivity index (χ3n) is 3.49. The number of nitrogens with zero attached hydrogens (tertiary/aromatic N) is 2. The number of hydrogen-bond donors (Lipinski definition) is 1. The highest BCUT2D eigenvalue weighted by molar-refractivity contribution is 9.10. The Hall–Kier alpha value is -0.850. The average Bonchev–Trinajstić information content (AvgIpc) is 3.07. The van der Waals surface area contributed by atoms with Crippen molar-refractivity contribution in [3.05, 3.63) is 40.5 Å². The SMILES string of the molecule is N[C@H]1CC[C@@H](c2nc(CSc3ccc(Br)cc3)no2)C1. The van der Waals surface area contributed by atoms with Crippen molar-refractivity contribution in [2.45, 2.75) is 41.9 Å². The van der Waals surface area contributed by atoms with Crippen LogP contribution in [0, 0.1) is 0 Å². The summed E-state index contributed by atoms with van der Waals surface area (Å²) in [6.45, 7) is 0. The summed E-state index contributed by atoms with van der Waals surface area (Å²) in [5.41, 5.74) is 5.92. The molecule has 1 saturated carbocycles. The molecule has 0 radical (unpaired) electrons. The standard InChI is InChI=1S/C14H16BrN3OS/c15-10-2-5-12(6-3-10)20-8-13-17-14(19-18-13)9-1-4-11(16)7-9/h2-3,5-6,9,11H,1,4,7-8,16H2/t9-,11+/m1/s1. The van der Waals surface area contributed by atoms with E-state index in [1.807, 2.05) is 12.1 Å². The number of benzene rings is 1. The fraction of sp³-hybridized carbons (Fsp3) is 0.429. The summed E-state index contributed by atoms with van der Waals surface area (Å²) >= 11 is 5.14. The Balaban J connectivity index is 1.58. The van der Waals surface area contributed by atoms with Gasteiger partial charge in [-0.25, -0.2) is 0 Å². The lowest BCUT2D eigenvalue weighted by atomic mass is 10.1. The second-order valence-electron chi connectivity index (χ2n) is 5.06. The van der Waals surface area contributed by atoms with Gasteiger partial charge in [-0.3, -0.25) is 0 Å². The summed E-state index contributed by atoms with van der Waals surface area (Å²) in [5, 5.41) is 4.06. The first kappa shape index (κ1) is 14.1. The van der Waals surface area contributed by atoms with Crippen LogP contribution in [0.25, 0.3) is 0 Å². The fourth-order valence-corrected chi connectivity index (χ4v) is 3.42. The Morgan fingerprint density at radius 1 is 1.30 bits per heavy atom. The molecule has 2 aromatic rings. The van der Waals surface area contributed by atoms with Crippen molar-refractivity contribution >= 4 is 27.7 Å². The lowest BCUT2D eigenvalue weighted by Crippen LogP contribution is -2.14. The monoisotopic (exact) mass is 353 g/mol. The van der Waals surface area contributed by atoms with Gasteiger partial charge in [0.25, 0.3) is 0 Å². The van der Waals surface area contributed by atoms with Crippen LogP contribution in [0.5, 0.6) is 0 Å². The highest BCUT2D eigenvalue weighted by atomic mass is 79.9. The van der Waals surface area contributed by atoms with Gasteiger partial charge in [0.1, 0.15) is 0 Å². The molecule has 4 nitrogen and oxygen atoms in total. The molecule has 0 spiro atoms. The smallest absolute Gasteiger partial charge is 0.229 e. The zero-order valence-corrected chi connectivity index (χ0v) is 13.4. The van der Waals surface area contributed by atoms with Crippen LogP contribution in [0.1, 0.15) is 36.9 Å². The van der Waals surface area contributed by atoms with E-state index in [9.17, 15) is 0 Å². The van der Waals surface area contributed by atoms with E-state index in [0.717, 1.165) is 41.2 Å².